The molecule has 86 valence electrons. The fourth-order valence-corrected chi connectivity index (χ4v) is 1.01. The molecule has 0 aliphatic heterocycles. The van der Waals surface area contributed by atoms with Crippen LogP contribution in [0.2, 0.25) is 0 Å². The number of hydrogen-bond donors (Lipinski definition) is 3. The van der Waals surface area contributed by atoms with Crippen molar-refractivity contribution < 1.29 is 14.4 Å². The van der Waals surface area contributed by atoms with Crippen LogP contribution in [-0.4, -0.2) is 28.5 Å². The van der Waals surface area contributed by atoms with E-state index < -0.39 is 11.7 Å². The number of nitrogens with zero attached hydrogens (tertiary/aromatic N) is 2. The summed E-state index contributed by atoms with van der Waals surface area (Å²) in [6.07, 6.45) is 2.47. The minimum Gasteiger partial charge on any atom is -0.409 e. The summed E-state index contributed by atoms with van der Waals surface area (Å²) in [4.78, 5) is 14.9. The third-order valence-electron chi connectivity index (χ3n) is 1.81. The fraction of sp³-hybridized carbons (Fsp3) is 0.222. The number of rotatable bonds is 4. The van der Waals surface area contributed by atoms with E-state index in [-0.39, 0.29) is 24.4 Å². The van der Waals surface area contributed by atoms with E-state index in [4.69, 9.17) is 10.9 Å². The Morgan fingerprint density at radius 1 is 1.69 bits per heavy atom. The van der Waals surface area contributed by atoms with Crippen molar-refractivity contribution >= 4 is 11.7 Å². The van der Waals surface area contributed by atoms with Crippen molar-refractivity contribution in [1.82, 2.24) is 10.3 Å². The number of halogens is 1. The van der Waals surface area contributed by atoms with Gasteiger partial charge in [-0.15, -0.1) is 0 Å². The van der Waals surface area contributed by atoms with Crippen LogP contribution < -0.4 is 11.1 Å². The average molecular weight is 226 g/mol. The van der Waals surface area contributed by atoms with Crippen molar-refractivity contribution in [3.8, 4) is 0 Å². The van der Waals surface area contributed by atoms with Gasteiger partial charge in [0.05, 0.1) is 11.8 Å². The number of amides is 1. The van der Waals surface area contributed by atoms with Crippen molar-refractivity contribution in [2.75, 3.05) is 6.54 Å². The molecule has 0 aliphatic rings. The molecule has 1 aromatic heterocycles. The standard InChI is InChI=1S/C9H11FN4O2/c10-7-5-12-3-1-6(7)9(15)13-4-2-8(11)14-16/h1,3,5,16H,2,4H2,(H2,11,14)(H,13,15). The molecule has 6 nitrogen and oxygen atoms in total. The normalized spacial score (nSPS) is 11.2. The molecule has 4 N–H and O–H groups in total. The van der Waals surface area contributed by atoms with Gasteiger partial charge in [-0.1, -0.05) is 5.16 Å². The van der Waals surface area contributed by atoms with Gasteiger partial charge < -0.3 is 16.3 Å². The molecule has 7 heteroatoms. The molecule has 1 rings (SSSR count). The second-order valence-electron chi connectivity index (χ2n) is 2.95. The molecule has 16 heavy (non-hydrogen) atoms. The number of amidine groups is 1. The van der Waals surface area contributed by atoms with E-state index in [1.807, 2.05) is 0 Å². The van der Waals surface area contributed by atoms with Crippen LogP contribution in [0.5, 0.6) is 0 Å². The van der Waals surface area contributed by atoms with Crippen molar-refractivity contribution in [2.45, 2.75) is 6.42 Å². The van der Waals surface area contributed by atoms with Gasteiger partial charge in [0.1, 0.15) is 5.84 Å². The first-order chi connectivity index (χ1) is 7.65. The highest BCUT2D eigenvalue weighted by Crippen LogP contribution is 2.03. The Morgan fingerprint density at radius 3 is 3.06 bits per heavy atom. The van der Waals surface area contributed by atoms with Crippen LogP contribution in [0, 0.1) is 5.82 Å². The predicted molar refractivity (Wildman–Crippen MR) is 54.6 cm³/mol. The minimum atomic E-state index is -0.691. The number of pyridine rings is 1. The van der Waals surface area contributed by atoms with Gasteiger partial charge in [-0.05, 0) is 6.07 Å². The highest BCUT2D eigenvalue weighted by Gasteiger charge is 2.10. The number of aromatic nitrogens is 1. The van der Waals surface area contributed by atoms with Crippen LogP contribution in [0.4, 0.5) is 4.39 Å². The van der Waals surface area contributed by atoms with E-state index in [0.29, 0.717) is 0 Å². The summed E-state index contributed by atoms with van der Waals surface area (Å²) in [6.45, 7) is 0.163. The lowest BCUT2D eigenvalue weighted by Crippen LogP contribution is -2.28. The number of nitrogens with one attached hydrogen (secondary N) is 1. The Hall–Kier alpha value is -2.18. The lowest BCUT2D eigenvalue weighted by molar-refractivity contribution is 0.0950. The number of nitrogens with two attached hydrogens (primary N) is 1. The molecule has 0 spiro atoms. The summed E-state index contributed by atoms with van der Waals surface area (Å²) in [5.74, 6) is -1.26. The molecule has 0 saturated carbocycles. The maximum absolute atomic E-state index is 13.1. The molecule has 0 aliphatic carbocycles. The lowest BCUT2D eigenvalue weighted by atomic mass is 10.2. The molecule has 0 radical (unpaired) electrons. The zero-order chi connectivity index (χ0) is 12.0. The second kappa shape index (κ2) is 5.64. The quantitative estimate of drug-likeness (QED) is 0.293. The highest BCUT2D eigenvalue weighted by molar-refractivity contribution is 5.94. The molecule has 1 aromatic rings. The lowest BCUT2D eigenvalue weighted by Gasteiger charge is -2.04. The van der Waals surface area contributed by atoms with Crippen molar-refractivity contribution in [3.63, 3.8) is 0 Å². The molecular weight excluding hydrogens is 215 g/mol. The van der Waals surface area contributed by atoms with Crippen LogP contribution in [0.15, 0.2) is 23.6 Å². The fourth-order valence-electron chi connectivity index (χ4n) is 1.01. The maximum atomic E-state index is 13.1. The third kappa shape index (κ3) is 3.19. The first-order valence-electron chi connectivity index (χ1n) is 4.49. The molecule has 1 heterocycles. The summed E-state index contributed by atoms with van der Waals surface area (Å²) < 4.78 is 13.1. The molecule has 0 saturated heterocycles. The van der Waals surface area contributed by atoms with Crippen molar-refractivity contribution in [1.29, 1.82) is 0 Å². The van der Waals surface area contributed by atoms with Gasteiger partial charge >= 0.3 is 0 Å². The Bertz CT molecular complexity index is 408. The Labute approximate surface area is 91.0 Å². The number of carbonyl (C=O) groups excluding carboxylic acids is 1. The van der Waals surface area contributed by atoms with E-state index in [1.54, 1.807) is 0 Å². The smallest absolute Gasteiger partial charge is 0.254 e. The summed E-state index contributed by atoms with van der Waals surface area (Å²) in [7, 11) is 0. The molecule has 0 atom stereocenters. The van der Waals surface area contributed by atoms with E-state index in [1.165, 1.54) is 12.3 Å². The molecule has 1 amide bonds. The Kier molecular flexibility index (Phi) is 4.19. The van der Waals surface area contributed by atoms with Gasteiger partial charge in [-0.3, -0.25) is 9.78 Å². The van der Waals surface area contributed by atoms with Crippen molar-refractivity contribution in [2.24, 2.45) is 10.9 Å². The summed E-state index contributed by atoms with van der Waals surface area (Å²) in [6, 6.07) is 1.27. The van der Waals surface area contributed by atoms with Gasteiger partial charge in [-0.25, -0.2) is 4.39 Å². The first-order valence-corrected chi connectivity index (χ1v) is 4.49. The van der Waals surface area contributed by atoms with Crippen LogP contribution in [0.3, 0.4) is 0 Å². The molecule has 0 unspecified atom stereocenters. The van der Waals surface area contributed by atoms with E-state index in [2.05, 4.69) is 15.5 Å². The zero-order valence-electron chi connectivity index (χ0n) is 8.35. The molecule has 0 bridgehead atoms. The number of hydrogen-bond acceptors (Lipinski definition) is 4. The monoisotopic (exact) mass is 226 g/mol. The summed E-state index contributed by atoms with van der Waals surface area (Å²) >= 11 is 0. The van der Waals surface area contributed by atoms with E-state index >= 15 is 0 Å². The van der Waals surface area contributed by atoms with Crippen molar-refractivity contribution in [3.05, 3.63) is 29.8 Å². The Balaban J connectivity index is 2.51. The van der Waals surface area contributed by atoms with E-state index in [0.717, 1.165) is 6.20 Å². The minimum absolute atomic E-state index is 0.00417. The van der Waals surface area contributed by atoms with Gasteiger partial charge in [0, 0.05) is 19.2 Å². The number of carbonyl (C=O) groups is 1. The largest absolute Gasteiger partial charge is 0.409 e. The zero-order valence-corrected chi connectivity index (χ0v) is 8.35. The van der Waals surface area contributed by atoms with Crippen LogP contribution >= 0.6 is 0 Å². The predicted octanol–water partition coefficient (Wildman–Crippen LogP) is 0.0870. The molecule has 0 fully saturated rings. The van der Waals surface area contributed by atoms with Gasteiger partial charge in [-0.2, -0.15) is 0 Å². The van der Waals surface area contributed by atoms with E-state index in [9.17, 15) is 9.18 Å². The first kappa shape index (κ1) is 11.9. The summed E-state index contributed by atoms with van der Waals surface area (Å²) in [5.41, 5.74) is 5.10. The van der Waals surface area contributed by atoms with Gasteiger partial charge in [0.2, 0.25) is 0 Å². The van der Waals surface area contributed by atoms with Gasteiger partial charge in [0.25, 0.3) is 5.91 Å². The average Bonchev–Trinajstić information content (AvgIpc) is 2.29. The number of oxime groups is 1. The second-order valence-corrected chi connectivity index (χ2v) is 2.95. The Morgan fingerprint density at radius 2 is 2.44 bits per heavy atom. The van der Waals surface area contributed by atoms with Crippen LogP contribution in [0.1, 0.15) is 16.8 Å². The molecule has 0 aromatic carbocycles. The third-order valence-corrected chi connectivity index (χ3v) is 1.81. The summed E-state index contributed by atoms with van der Waals surface area (Å²) in [5, 5.41) is 13.4. The maximum Gasteiger partial charge on any atom is 0.254 e. The van der Waals surface area contributed by atoms with Crippen LogP contribution in [-0.2, 0) is 0 Å². The highest BCUT2D eigenvalue weighted by atomic mass is 19.1. The van der Waals surface area contributed by atoms with Gasteiger partial charge in [0.15, 0.2) is 5.82 Å². The SMILES string of the molecule is NC(CCNC(=O)c1ccncc1F)=NO. The molecular formula is C9H11FN4O2. The van der Waals surface area contributed by atoms with Crippen LogP contribution in [0.25, 0.3) is 0 Å². The topological polar surface area (TPSA) is 101 Å².